The maximum atomic E-state index is 5.30. The highest BCUT2D eigenvalue weighted by Crippen LogP contribution is 2.37. The summed E-state index contributed by atoms with van der Waals surface area (Å²) in [6.45, 7) is 2.03. The van der Waals surface area contributed by atoms with Crippen LogP contribution < -0.4 is 10.1 Å². The molecule has 2 aliphatic rings. The van der Waals surface area contributed by atoms with Gasteiger partial charge in [0.1, 0.15) is 5.75 Å². The Kier molecular flexibility index (Phi) is 4.87. The zero-order chi connectivity index (χ0) is 14.8. The number of halogens is 1. The Morgan fingerprint density at radius 3 is 2.67 bits per heavy atom. The molecule has 1 aromatic carbocycles. The maximum absolute atomic E-state index is 5.30. The zero-order valence-electron chi connectivity index (χ0n) is 12.9. The van der Waals surface area contributed by atoms with Gasteiger partial charge in [-0.05, 0) is 69.0 Å². The van der Waals surface area contributed by atoms with Gasteiger partial charge in [0.25, 0.3) is 0 Å². The van der Waals surface area contributed by atoms with Gasteiger partial charge < -0.3 is 15.0 Å². The minimum atomic E-state index is 0.833. The summed E-state index contributed by atoms with van der Waals surface area (Å²) in [6, 6.07) is 7.82. The zero-order valence-corrected chi connectivity index (χ0v) is 14.5. The number of nitrogens with zero attached hydrogens (tertiary/aromatic N) is 1. The number of nitrogens with one attached hydrogen (secondary N) is 1. The topological polar surface area (TPSA) is 24.5 Å². The van der Waals surface area contributed by atoms with E-state index < -0.39 is 0 Å². The van der Waals surface area contributed by atoms with Crippen molar-refractivity contribution in [3.05, 3.63) is 28.2 Å². The van der Waals surface area contributed by atoms with Gasteiger partial charge in [-0.15, -0.1) is 0 Å². The first kappa shape index (κ1) is 15.3. The summed E-state index contributed by atoms with van der Waals surface area (Å²) in [5, 5.41) is 3.64. The minimum Gasteiger partial charge on any atom is -0.497 e. The van der Waals surface area contributed by atoms with E-state index in [1.807, 2.05) is 6.07 Å². The minimum absolute atomic E-state index is 0.833. The molecule has 0 amide bonds. The van der Waals surface area contributed by atoms with Crippen molar-refractivity contribution in [2.24, 2.45) is 5.92 Å². The summed E-state index contributed by atoms with van der Waals surface area (Å²) in [4.78, 5) is 2.61. The van der Waals surface area contributed by atoms with Gasteiger partial charge in [0.05, 0.1) is 7.11 Å². The second kappa shape index (κ2) is 6.67. The van der Waals surface area contributed by atoms with Gasteiger partial charge in [0.15, 0.2) is 0 Å². The third kappa shape index (κ3) is 3.43. The lowest BCUT2D eigenvalue weighted by Crippen LogP contribution is -2.42. The van der Waals surface area contributed by atoms with Crippen LogP contribution in [0.5, 0.6) is 5.75 Å². The molecule has 2 saturated heterocycles. The molecule has 2 atom stereocenters. The van der Waals surface area contributed by atoms with E-state index in [0.717, 1.165) is 41.3 Å². The third-order valence-electron chi connectivity index (χ3n) is 5.20. The SMILES string of the molecule is COc1ccc(Br)c(CNCC2CC3CCC(C2)N3C)c1. The van der Waals surface area contributed by atoms with Crippen LogP contribution in [-0.2, 0) is 6.54 Å². The lowest BCUT2D eigenvalue weighted by molar-refractivity contribution is 0.133. The summed E-state index contributed by atoms with van der Waals surface area (Å²) in [5.74, 6) is 1.76. The number of rotatable bonds is 5. The van der Waals surface area contributed by atoms with Crippen molar-refractivity contribution in [3.63, 3.8) is 0 Å². The molecule has 0 spiro atoms. The summed E-state index contributed by atoms with van der Waals surface area (Å²) in [6.07, 6.45) is 5.52. The van der Waals surface area contributed by atoms with Gasteiger partial charge in [-0.2, -0.15) is 0 Å². The highest BCUT2D eigenvalue weighted by atomic mass is 79.9. The number of hydrogen-bond donors (Lipinski definition) is 1. The maximum Gasteiger partial charge on any atom is 0.119 e. The van der Waals surface area contributed by atoms with E-state index in [-0.39, 0.29) is 0 Å². The number of piperidine rings is 1. The lowest BCUT2D eigenvalue weighted by Gasteiger charge is -2.36. The highest BCUT2D eigenvalue weighted by Gasteiger charge is 2.37. The van der Waals surface area contributed by atoms with Crippen LogP contribution >= 0.6 is 15.9 Å². The molecule has 0 radical (unpaired) electrons. The molecule has 4 heteroatoms. The smallest absolute Gasteiger partial charge is 0.119 e. The quantitative estimate of drug-likeness (QED) is 0.878. The molecule has 2 heterocycles. The molecular formula is C17H25BrN2O. The van der Waals surface area contributed by atoms with Crippen LogP contribution in [0.1, 0.15) is 31.2 Å². The fourth-order valence-corrected chi connectivity index (χ4v) is 4.30. The molecule has 0 aliphatic carbocycles. The van der Waals surface area contributed by atoms with Gasteiger partial charge in [-0.3, -0.25) is 0 Å². The lowest BCUT2D eigenvalue weighted by atomic mass is 9.91. The van der Waals surface area contributed by atoms with Gasteiger partial charge in [-0.1, -0.05) is 15.9 Å². The average Bonchev–Trinajstić information content (AvgIpc) is 2.71. The normalized spacial score (nSPS) is 28.8. The number of methoxy groups -OCH3 is 1. The number of benzene rings is 1. The first-order chi connectivity index (χ1) is 10.2. The van der Waals surface area contributed by atoms with Crippen molar-refractivity contribution in [1.82, 2.24) is 10.2 Å². The predicted molar refractivity (Wildman–Crippen MR) is 89.7 cm³/mol. The van der Waals surface area contributed by atoms with Crippen molar-refractivity contribution >= 4 is 15.9 Å². The molecule has 2 bridgehead atoms. The molecule has 116 valence electrons. The van der Waals surface area contributed by atoms with E-state index in [4.69, 9.17) is 4.74 Å². The van der Waals surface area contributed by atoms with Gasteiger partial charge in [0.2, 0.25) is 0 Å². The predicted octanol–water partition coefficient (Wildman–Crippen LogP) is 3.42. The van der Waals surface area contributed by atoms with Crippen LogP contribution in [0.25, 0.3) is 0 Å². The van der Waals surface area contributed by atoms with Gasteiger partial charge >= 0.3 is 0 Å². The van der Waals surface area contributed by atoms with E-state index in [1.54, 1.807) is 7.11 Å². The standard InChI is InChI=1S/C17H25BrN2O/c1-20-14-3-4-15(20)8-12(7-14)10-19-11-13-9-16(21-2)5-6-17(13)18/h5-6,9,12,14-15,19H,3-4,7-8,10-11H2,1-2H3. The van der Waals surface area contributed by atoms with Crippen molar-refractivity contribution in [1.29, 1.82) is 0 Å². The molecule has 0 saturated carbocycles. The fraction of sp³-hybridized carbons (Fsp3) is 0.647. The van der Waals surface area contributed by atoms with Crippen LogP contribution in [0.3, 0.4) is 0 Å². The Hall–Kier alpha value is -0.580. The van der Waals surface area contributed by atoms with E-state index in [0.29, 0.717) is 0 Å². The third-order valence-corrected chi connectivity index (χ3v) is 5.97. The summed E-state index contributed by atoms with van der Waals surface area (Å²) in [5.41, 5.74) is 1.27. The first-order valence-corrected chi connectivity index (χ1v) is 8.71. The molecule has 2 aliphatic heterocycles. The number of hydrogen-bond acceptors (Lipinski definition) is 3. The van der Waals surface area contributed by atoms with Crippen molar-refractivity contribution in [2.45, 2.75) is 44.3 Å². The Balaban J connectivity index is 1.50. The van der Waals surface area contributed by atoms with Crippen molar-refractivity contribution in [2.75, 3.05) is 20.7 Å². The largest absolute Gasteiger partial charge is 0.497 e. The Morgan fingerprint density at radius 1 is 1.29 bits per heavy atom. The molecule has 2 fully saturated rings. The van der Waals surface area contributed by atoms with Crippen LogP contribution in [-0.4, -0.2) is 37.7 Å². The van der Waals surface area contributed by atoms with Crippen LogP contribution in [0.2, 0.25) is 0 Å². The van der Waals surface area contributed by atoms with Crippen LogP contribution in [0.15, 0.2) is 22.7 Å². The second-order valence-electron chi connectivity index (χ2n) is 6.48. The first-order valence-electron chi connectivity index (χ1n) is 7.92. The van der Waals surface area contributed by atoms with Gasteiger partial charge in [-0.25, -0.2) is 0 Å². The molecular weight excluding hydrogens is 328 g/mol. The second-order valence-corrected chi connectivity index (χ2v) is 7.33. The van der Waals surface area contributed by atoms with E-state index in [1.165, 1.54) is 31.2 Å². The molecule has 2 unspecified atom stereocenters. The van der Waals surface area contributed by atoms with E-state index >= 15 is 0 Å². The summed E-state index contributed by atoms with van der Waals surface area (Å²) >= 11 is 3.62. The molecule has 1 N–H and O–H groups in total. The Labute approximate surface area is 136 Å². The van der Waals surface area contributed by atoms with Gasteiger partial charge in [0, 0.05) is 23.1 Å². The average molecular weight is 353 g/mol. The van der Waals surface area contributed by atoms with E-state index in [2.05, 4.69) is 45.3 Å². The molecule has 1 aromatic rings. The molecule has 3 rings (SSSR count). The van der Waals surface area contributed by atoms with Crippen LogP contribution in [0.4, 0.5) is 0 Å². The van der Waals surface area contributed by atoms with E-state index in [9.17, 15) is 0 Å². The Morgan fingerprint density at radius 2 is 2.00 bits per heavy atom. The molecule has 3 nitrogen and oxygen atoms in total. The molecule has 21 heavy (non-hydrogen) atoms. The summed E-state index contributed by atoms with van der Waals surface area (Å²) in [7, 11) is 4.02. The summed E-state index contributed by atoms with van der Waals surface area (Å²) < 4.78 is 6.45. The molecule has 0 aromatic heterocycles. The van der Waals surface area contributed by atoms with Crippen LogP contribution in [0, 0.1) is 5.92 Å². The Bertz CT molecular complexity index is 480. The van der Waals surface area contributed by atoms with Crippen molar-refractivity contribution in [3.8, 4) is 5.75 Å². The monoisotopic (exact) mass is 352 g/mol. The number of ether oxygens (including phenoxy) is 1. The number of fused-ring (bicyclic) bond motifs is 2. The highest BCUT2D eigenvalue weighted by molar-refractivity contribution is 9.10. The van der Waals surface area contributed by atoms with Crippen molar-refractivity contribution < 1.29 is 4.74 Å². The fourth-order valence-electron chi connectivity index (χ4n) is 3.92.